The Bertz CT molecular complexity index is 1190. The highest BCUT2D eigenvalue weighted by Gasteiger charge is 2.21. The van der Waals surface area contributed by atoms with Gasteiger partial charge in [-0.05, 0) is 41.0 Å². The fourth-order valence-electron chi connectivity index (χ4n) is 3.43. The van der Waals surface area contributed by atoms with Crippen LogP contribution < -0.4 is 10.6 Å². The predicted octanol–water partition coefficient (Wildman–Crippen LogP) is 4.76. The van der Waals surface area contributed by atoms with Gasteiger partial charge in [-0.15, -0.1) is 0 Å². The first kappa shape index (κ1) is 21.7. The molecule has 0 saturated carbocycles. The van der Waals surface area contributed by atoms with Crippen LogP contribution in [-0.4, -0.2) is 16.8 Å². The third kappa shape index (κ3) is 5.80. The monoisotopic (exact) mass is 433 g/mol. The van der Waals surface area contributed by atoms with Crippen molar-refractivity contribution in [2.45, 2.75) is 6.04 Å². The van der Waals surface area contributed by atoms with E-state index in [0.29, 0.717) is 11.1 Å². The highest BCUT2D eigenvalue weighted by molar-refractivity contribution is 6.05. The largest absolute Gasteiger partial charge is 0.340 e. The number of amides is 2. The summed E-state index contributed by atoms with van der Waals surface area (Å²) in [6.45, 7) is 0. The lowest BCUT2D eigenvalue weighted by molar-refractivity contribution is -0.118. The van der Waals surface area contributed by atoms with Gasteiger partial charge in [0.2, 0.25) is 0 Å². The molecule has 0 bridgehead atoms. The Morgan fingerprint density at radius 1 is 0.727 bits per heavy atom. The van der Waals surface area contributed by atoms with Gasteiger partial charge in [0.15, 0.2) is 0 Å². The molecule has 0 radical (unpaired) electrons. The van der Waals surface area contributed by atoms with E-state index in [1.54, 1.807) is 48.8 Å². The number of hydrogen-bond donors (Lipinski definition) is 2. The van der Waals surface area contributed by atoms with Crippen LogP contribution >= 0.6 is 0 Å². The number of carbonyl (C=O) groups excluding carboxylic acids is 2. The lowest BCUT2D eigenvalue weighted by atomic mass is 9.98. The average Bonchev–Trinajstić information content (AvgIpc) is 2.89. The summed E-state index contributed by atoms with van der Waals surface area (Å²) in [7, 11) is 0. The van der Waals surface area contributed by atoms with Crippen LogP contribution in [0.15, 0.2) is 121 Å². The second kappa shape index (κ2) is 10.7. The average molecular weight is 434 g/mol. The summed E-state index contributed by atoms with van der Waals surface area (Å²) in [6.07, 6.45) is 4.91. The van der Waals surface area contributed by atoms with Crippen LogP contribution in [0.2, 0.25) is 0 Å². The standard InChI is InChI=1S/C28H23N3O2/c32-27(24-16-8-3-9-17-24)30-25(19-21-11-10-18-29-20-21)28(33)31-26(22-12-4-1-5-13-22)23-14-6-2-7-15-23/h1-20,26H,(H,30,32)(H,31,33)/b25-19+. The number of rotatable bonds is 7. The Balaban J connectivity index is 1.66. The van der Waals surface area contributed by atoms with Gasteiger partial charge in [-0.25, -0.2) is 0 Å². The zero-order chi connectivity index (χ0) is 22.9. The minimum atomic E-state index is -0.402. The number of benzene rings is 3. The fourth-order valence-corrected chi connectivity index (χ4v) is 3.43. The Morgan fingerprint density at radius 3 is 1.85 bits per heavy atom. The molecule has 1 heterocycles. The van der Waals surface area contributed by atoms with Crippen LogP contribution in [0.5, 0.6) is 0 Å². The summed E-state index contributed by atoms with van der Waals surface area (Å²) in [5.41, 5.74) is 3.17. The van der Waals surface area contributed by atoms with E-state index in [1.165, 1.54) is 0 Å². The molecular formula is C28H23N3O2. The van der Waals surface area contributed by atoms with E-state index in [-0.39, 0.29) is 17.6 Å². The summed E-state index contributed by atoms with van der Waals surface area (Å²) >= 11 is 0. The number of pyridine rings is 1. The van der Waals surface area contributed by atoms with Gasteiger partial charge in [-0.1, -0.05) is 84.9 Å². The van der Waals surface area contributed by atoms with Gasteiger partial charge >= 0.3 is 0 Å². The Hall–Kier alpha value is -4.51. The molecule has 162 valence electrons. The minimum Gasteiger partial charge on any atom is -0.340 e. The van der Waals surface area contributed by atoms with E-state index in [9.17, 15) is 9.59 Å². The van der Waals surface area contributed by atoms with Crippen LogP contribution in [0.1, 0.15) is 33.1 Å². The Kier molecular flexibility index (Phi) is 7.03. The first-order valence-electron chi connectivity index (χ1n) is 10.6. The maximum atomic E-state index is 13.5. The van der Waals surface area contributed by atoms with E-state index in [4.69, 9.17) is 0 Å². The van der Waals surface area contributed by atoms with Gasteiger partial charge in [-0.3, -0.25) is 14.6 Å². The summed E-state index contributed by atoms with van der Waals surface area (Å²) < 4.78 is 0. The van der Waals surface area contributed by atoms with Gasteiger partial charge < -0.3 is 10.6 Å². The van der Waals surface area contributed by atoms with E-state index < -0.39 is 5.91 Å². The number of carbonyl (C=O) groups is 2. The van der Waals surface area contributed by atoms with Crippen LogP contribution in [0.25, 0.3) is 6.08 Å². The Morgan fingerprint density at radius 2 is 1.30 bits per heavy atom. The third-order valence-electron chi connectivity index (χ3n) is 5.07. The number of nitrogens with one attached hydrogen (secondary N) is 2. The van der Waals surface area contributed by atoms with Crippen LogP contribution in [-0.2, 0) is 4.79 Å². The van der Waals surface area contributed by atoms with Crippen LogP contribution in [0.4, 0.5) is 0 Å². The van der Waals surface area contributed by atoms with Crippen molar-refractivity contribution in [2.24, 2.45) is 0 Å². The lowest BCUT2D eigenvalue weighted by Crippen LogP contribution is -2.37. The summed E-state index contributed by atoms with van der Waals surface area (Å²) in [5.74, 6) is -0.766. The minimum absolute atomic E-state index is 0.133. The lowest BCUT2D eigenvalue weighted by Gasteiger charge is -2.21. The molecule has 2 N–H and O–H groups in total. The smallest absolute Gasteiger partial charge is 0.268 e. The molecule has 0 aliphatic carbocycles. The van der Waals surface area contributed by atoms with Gasteiger partial charge in [-0.2, -0.15) is 0 Å². The number of nitrogens with zero attached hydrogens (tertiary/aromatic N) is 1. The highest BCUT2D eigenvalue weighted by Crippen LogP contribution is 2.22. The molecule has 0 unspecified atom stereocenters. The molecule has 0 spiro atoms. The van der Waals surface area contributed by atoms with Gasteiger partial charge in [0, 0.05) is 18.0 Å². The molecule has 2 amide bonds. The van der Waals surface area contributed by atoms with Crippen LogP contribution in [0.3, 0.4) is 0 Å². The summed E-state index contributed by atoms with van der Waals surface area (Å²) in [4.78, 5) is 30.4. The first-order valence-corrected chi connectivity index (χ1v) is 10.6. The molecule has 0 atom stereocenters. The van der Waals surface area contributed by atoms with Crippen molar-refractivity contribution < 1.29 is 9.59 Å². The van der Waals surface area contributed by atoms with E-state index in [0.717, 1.165) is 11.1 Å². The third-order valence-corrected chi connectivity index (χ3v) is 5.07. The van der Waals surface area contributed by atoms with Gasteiger partial charge in [0.1, 0.15) is 5.70 Å². The first-order chi connectivity index (χ1) is 16.2. The molecule has 33 heavy (non-hydrogen) atoms. The second-order valence-corrected chi connectivity index (χ2v) is 7.39. The van der Waals surface area contributed by atoms with Crippen molar-refractivity contribution in [3.63, 3.8) is 0 Å². The number of hydrogen-bond acceptors (Lipinski definition) is 3. The van der Waals surface area contributed by atoms with Crippen molar-refractivity contribution in [2.75, 3.05) is 0 Å². The predicted molar refractivity (Wildman–Crippen MR) is 129 cm³/mol. The molecule has 0 aliphatic heterocycles. The maximum Gasteiger partial charge on any atom is 0.268 e. The summed E-state index contributed by atoms with van der Waals surface area (Å²) in [6, 6.07) is 31.4. The normalized spacial score (nSPS) is 11.1. The quantitative estimate of drug-likeness (QED) is 0.413. The molecule has 4 aromatic rings. The van der Waals surface area contributed by atoms with Crippen LogP contribution in [0, 0.1) is 0 Å². The molecule has 0 fully saturated rings. The molecule has 1 aromatic heterocycles. The van der Waals surface area contributed by atoms with E-state index in [2.05, 4.69) is 15.6 Å². The fraction of sp³-hybridized carbons (Fsp3) is 0.0357. The van der Waals surface area contributed by atoms with Gasteiger partial charge in [0.05, 0.1) is 6.04 Å². The zero-order valence-corrected chi connectivity index (χ0v) is 17.9. The van der Waals surface area contributed by atoms with Crippen molar-refractivity contribution in [1.82, 2.24) is 15.6 Å². The van der Waals surface area contributed by atoms with E-state index >= 15 is 0 Å². The molecule has 4 rings (SSSR count). The molecule has 5 heteroatoms. The van der Waals surface area contributed by atoms with E-state index in [1.807, 2.05) is 72.8 Å². The van der Waals surface area contributed by atoms with Crippen molar-refractivity contribution in [3.8, 4) is 0 Å². The SMILES string of the molecule is O=C(NC(c1ccccc1)c1ccccc1)/C(=C\c1cccnc1)NC(=O)c1ccccc1. The molecular weight excluding hydrogens is 410 g/mol. The number of aromatic nitrogens is 1. The summed E-state index contributed by atoms with van der Waals surface area (Å²) in [5, 5.41) is 5.86. The molecule has 3 aromatic carbocycles. The molecule has 5 nitrogen and oxygen atoms in total. The van der Waals surface area contributed by atoms with Crippen molar-refractivity contribution in [1.29, 1.82) is 0 Å². The maximum absolute atomic E-state index is 13.5. The molecule has 0 saturated heterocycles. The van der Waals surface area contributed by atoms with Gasteiger partial charge in [0.25, 0.3) is 11.8 Å². The highest BCUT2D eigenvalue weighted by atomic mass is 16.2. The Labute approximate surface area is 192 Å². The second-order valence-electron chi connectivity index (χ2n) is 7.39. The van der Waals surface area contributed by atoms with Crippen molar-refractivity contribution in [3.05, 3.63) is 143 Å². The van der Waals surface area contributed by atoms with Crippen molar-refractivity contribution >= 4 is 17.9 Å². The molecule has 0 aliphatic rings. The zero-order valence-electron chi connectivity index (χ0n) is 17.9. The topological polar surface area (TPSA) is 71.1 Å².